The minimum atomic E-state index is -0.447. The molecule has 0 saturated carbocycles. The first kappa shape index (κ1) is 37.8. The van der Waals surface area contributed by atoms with Gasteiger partial charge in [0.15, 0.2) is 11.6 Å². The lowest BCUT2D eigenvalue weighted by Gasteiger charge is -2.29. The van der Waals surface area contributed by atoms with Crippen LogP contribution in [0.2, 0.25) is 5.28 Å². The number of para-hydroxylation sites is 2. The standard InChI is InChI=1S/C59H39ClN4/c1-59(46-25-15-22-42(36-46)39-18-7-3-8-19-39)51-32-30-43(37-50(51)54-52(59)33-31-49-48-28-11-12-29-53(48)64(55(49)54)47-26-9-4-10-27-47)41-21-14-24-45(35-41)57-61-56(62-58(60)63-57)44-23-13-20-40(34-44)38-16-5-2-6-17-38/h2-37H,1H3. The molecule has 0 spiro atoms. The van der Waals surface area contributed by atoms with Crippen LogP contribution in [0, 0.1) is 0 Å². The van der Waals surface area contributed by atoms with E-state index in [0.717, 1.165) is 39.1 Å². The van der Waals surface area contributed by atoms with Gasteiger partial charge in [0, 0.05) is 38.6 Å². The predicted octanol–water partition coefficient (Wildman–Crippen LogP) is 15.3. The van der Waals surface area contributed by atoms with Crippen molar-refractivity contribution in [3.63, 3.8) is 0 Å². The highest BCUT2D eigenvalue weighted by molar-refractivity contribution is 6.28. The minimum absolute atomic E-state index is 0.151. The van der Waals surface area contributed by atoms with Crippen molar-refractivity contribution in [1.29, 1.82) is 0 Å². The molecule has 0 N–H and O–H groups in total. The number of halogens is 1. The Balaban J connectivity index is 1.04. The lowest BCUT2D eigenvalue weighted by atomic mass is 9.73. The summed E-state index contributed by atoms with van der Waals surface area (Å²) in [7, 11) is 0. The zero-order valence-corrected chi connectivity index (χ0v) is 35.7. The van der Waals surface area contributed by atoms with E-state index in [1.807, 2.05) is 36.4 Å². The number of hydrogen-bond acceptors (Lipinski definition) is 3. The molecule has 9 aromatic carbocycles. The summed E-state index contributed by atoms with van der Waals surface area (Å²) in [6.07, 6.45) is 0. The third kappa shape index (κ3) is 6.18. The Morgan fingerprint density at radius 1 is 0.406 bits per heavy atom. The van der Waals surface area contributed by atoms with Gasteiger partial charge in [-0.1, -0.05) is 176 Å². The fraction of sp³-hybridized carbons (Fsp3) is 0.0339. The Labute approximate surface area is 376 Å². The zero-order chi connectivity index (χ0) is 42.8. The molecule has 1 unspecified atom stereocenters. The van der Waals surface area contributed by atoms with E-state index in [2.05, 4.69) is 203 Å². The van der Waals surface area contributed by atoms with Gasteiger partial charge >= 0.3 is 0 Å². The molecule has 0 bridgehead atoms. The zero-order valence-electron chi connectivity index (χ0n) is 35.0. The molecule has 2 heterocycles. The van der Waals surface area contributed by atoms with Gasteiger partial charge in [0.1, 0.15) is 0 Å². The summed E-state index contributed by atoms with van der Waals surface area (Å²) < 4.78 is 2.46. The molecule has 64 heavy (non-hydrogen) atoms. The van der Waals surface area contributed by atoms with E-state index >= 15 is 0 Å². The summed E-state index contributed by atoms with van der Waals surface area (Å²) in [4.78, 5) is 14.2. The molecule has 0 saturated heterocycles. The number of fused-ring (bicyclic) bond motifs is 7. The van der Waals surface area contributed by atoms with E-state index in [1.54, 1.807) is 0 Å². The summed E-state index contributed by atoms with van der Waals surface area (Å²) in [5.41, 5.74) is 17.9. The van der Waals surface area contributed by atoms with Crippen LogP contribution in [0.25, 0.3) is 94.8 Å². The van der Waals surface area contributed by atoms with Crippen molar-refractivity contribution in [2.75, 3.05) is 0 Å². The third-order valence-electron chi connectivity index (χ3n) is 13.1. The molecule has 1 aliphatic carbocycles. The molecule has 0 radical (unpaired) electrons. The van der Waals surface area contributed by atoms with Gasteiger partial charge in [-0.3, -0.25) is 0 Å². The van der Waals surface area contributed by atoms with Crippen LogP contribution >= 0.6 is 11.6 Å². The van der Waals surface area contributed by atoms with E-state index in [-0.39, 0.29) is 5.28 Å². The molecule has 2 aromatic heterocycles. The van der Waals surface area contributed by atoms with E-state index in [0.29, 0.717) is 11.6 Å². The maximum absolute atomic E-state index is 6.67. The number of benzene rings is 9. The summed E-state index contributed by atoms with van der Waals surface area (Å²) in [5.74, 6) is 1.05. The van der Waals surface area contributed by atoms with Crippen molar-refractivity contribution >= 4 is 33.4 Å². The van der Waals surface area contributed by atoms with Crippen molar-refractivity contribution in [2.24, 2.45) is 0 Å². The second kappa shape index (κ2) is 15.2. The Morgan fingerprint density at radius 2 is 0.922 bits per heavy atom. The first-order chi connectivity index (χ1) is 31.5. The number of rotatable bonds is 7. The third-order valence-corrected chi connectivity index (χ3v) is 13.2. The Kier molecular flexibility index (Phi) is 8.96. The smallest absolute Gasteiger partial charge is 0.226 e. The fourth-order valence-corrected chi connectivity index (χ4v) is 10.1. The highest BCUT2D eigenvalue weighted by atomic mass is 35.5. The van der Waals surface area contributed by atoms with E-state index < -0.39 is 5.41 Å². The van der Waals surface area contributed by atoms with E-state index in [1.165, 1.54) is 60.8 Å². The minimum Gasteiger partial charge on any atom is -0.309 e. The average molecular weight is 839 g/mol. The van der Waals surface area contributed by atoms with Gasteiger partial charge in [-0.05, 0) is 117 Å². The Morgan fingerprint density at radius 3 is 1.59 bits per heavy atom. The lowest BCUT2D eigenvalue weighted by molar-refractivity contribution is 0.714. The molecule has 1 atom stereocenters. The molecule has 1 aliphatic rings. The van der Waals surface area contributed by atoms with Gasteiger partial charge in [-0.25, -0.2) is 4.98 Å². The average Bonchev–Trinajstić information content (AvgIpc) is 3.84. The maximum Gasteiger partial charge on any atom is 0.226 e. The topological polar surface area (TPSA) is 43.6 Å². The first-order valence-electron chi connectivity index (χ1n) is 21.6. The summed E-state index contributed by atoms with van der Waals surface area (Å²) in [6.45, 7) is 2.40. The first-order valence-corrected chi connectivity index (χ1v) is 22.0. The van der Waals surface area contributed by atoms with Crippen LogP contribution in [0.3, 0.4) is 0 Å². The van der Waals surface area contributed by atoms with Crippen molar-refractivity contribution in [3.8, 4) is 73.0 Å². The molecule has 0 fully saturated rings. The summed E-state index contributed by atoms with van der Waals surface area (Å²) >= 11 is 6.67. The maximum atomic E-state index is 6.67. The molecule has 4 nitrogen and oxygen atoms in total. The molecular weight excluding hydrogens is 800 g/mol. The SMILES string of the molecule is CC1(c2cccc(-c3ccccc3)c2)c2ccc(-c3cccc(-c4nc(Cl)nc(-c5cccc(-c6ccccc6)c5)n4)c3)cc2-c2c1ccc1c3ccccc3n(-c3ccccc3)c21. The molecular formula is C59H39ClN4. The second-order valence-electron chi connectivity index (χ2n) is 16.7. The van der Waals surface area contributed by atoms with Crippen LogP contribution < -0.4 is 0 Å². The van der Waals surface area contributed by atoms with Gasteiger partial charge in [0.25, 0.3) is 0 Å². The van der Waals surface area contributed by atoms with Gasteiger partial charge in [0.2, 0.25) is 5.28 Å². The largest absolute Gasteiger partial charge is 0.309 e. The summed E-state index contributed by atoms with van der Waals surface area (Å²) in [5, 5.41) is 2.62. The van der Waals surface area contributed by atoms with E-state index in [9.17, 15) is 0 Å². The predicted molar refractivity (Wildman–Crippen MR) is 264 cm³/mol. The van der Waals surface area contributed by atoms with Crippen molar-refractivity contribution < 1.29 is 0 Å². The van der Waals surface area contributed by atoms with Gasteiger partial charge in [-0.2, -0.15) is 9.97 Å². The normalized spacial score (nSPS) is 14.2. The van der Waals surface area contributed by atoms with Crippen LogP contribution in [-0.2, 0) is 5.41 Å². The highest BCUT2D eigenvalue weighted by Crippen LogP contribution is 2.56. The van der Waals surface area contributed by atoms with Gasteiger partial charge < -0.3 is 4.57 Å². The molecule has 12 rings (SSSR count). The fourth-order valence-electron chi connectivity index (χ4n) is 9.97. The quantitative estimate of drug-likeness (QED) is 0.161. The Hall–Kier alpha value is -7.92. The molecule has 0 amide bonds. The molecule has 11 aromatic rings. The van der Waals surface area contributed by atoms with Gasteiger partial charge in [-0.15, -0.1) is 0 Å². The molecule has 302 valence electrons. The number of nitrogens with zero attached hydrogens (tertiary/aromatic N) is 4. The second-order valence-corrected chi connectivity index (χ2v) is 17.0. The van der Waals surface area contributed by atoms with Crippen LogP contribution in [-0.4, -0.2) is 19.5 Å². The summed E-state index contributed by atoms with van der Waals surface area (Å²) in [6, 6.07) is 78.1. The van der Waals surface area contributed by atoms with Crippen LogP contribution in [0.1, 0.15) is 23.6 Å². The molecule has 5 heteroatoms. The van der Waals surface area contributed by atoms with Crippen molar-refractivity contribution in [1.82, 2.24) is 19.5 Å². The van der Waals surface area contributed by atoms with Crippen LogP contribution in [0.15, 0.2) is 218 Å². The lowest BCUT2D eigenvalue weighted by Crippen LogP contribution is -2.22. The molecule has 0 aliphatic heterocycles. The number of hydrogen-bond donors (Lipinski definition) is 0. The van der Waals surface area contributed by atoms with Crippen molar-refractivity contribution in [2.45, 2.75) is 12.3 Å². The Bertz CT molecular complexity index is 3580. The highest BCUT2D eigenvalue weighted by Gasteiger charge is 2.43. The number of aromatic nitrogens is 4. The van der Waals surface area contributed by atoms with Crippen LogP contribution in [0.5, 0.6) is 0 Å². The van der Waals surface area contributed by atoms with Gasteiger partial charge in [0.05, 0.1) is 11.0 Å². The van der Waals surface area contributed by atoms with E-state index in [4.69, 9.17) is 16.6 Å². The van der Waals surface area contributed by atoms with Crippen LogP contribution in [0.4, 0.5) is 0 Å². The monoisotopic (exact) mass is 838 g/mol. The van der Waals surface area contributed by atoms with Crippen molar-refractivity contribution in [3.05, 3.63) is 240 Å².